The van der Waals surface area contributed by atoms with E-state index in [4.69, 9.17) is 10.5 Å². The summed E-state index contributed by atoms with van der Waals surface area (Å²) in [5, 5.41) is 0. The van der Waals surface area contributed by atoms with Gasteiger partial charge in [0, 0.05) is 31.8 Å². The molecule has 0 bridgehead atoms. The lowest BCUT2D eigenvalue weighted by Gasteiger charge is -2.22. The number of carbonyl (C=O) groups excluding carboxylic acids is 1. The number of fused-ring (bicyclic) bond motifs is 1. The van der Waals surface area contributed by atoms with Crippen molar-refractivity contribution in [1.82, 2.24) is 0 Å². The van der Waals surface area contributed by atoms with Gasteiger partial charge in [-0.25, -0.2) is 13.6 Å². The molecule has 142 valence electrons. The molecule has 3 unspecified atom stereocenters. The molecule has 3 heterocycles. The highest BCUT2D eigenvalue weighted by atomic mass is 32.2. The van der Waals surface area contributed by atoms with Gasteiger partial charge in [-0.1, -0.05) is 0 Å². The van der Waals surface area contributed by atoms with Gasteiger partial charge in [0.2, 0.25) is 0 Å². The number of cyclic esters (lactones) is 1. The summed E-state index contributed by atoms with van der Waals surface area (Å²) < 4.78 is 34.7. The maximum Gasteiger partial charge on any atom is 0.414 e. The molecule has 3 aliphatic heterocycles. The maximum atomic E-state index is 14.8. The van der Waals surface area contributed by atoms with Crippen LogP contribution in [0.15, 0.2) is 12.1 Å². The van der Waals surface area contributed by atoms with E-state index >= 15 is 0 Å². The number of hydrogen-bond acceptors (Lipinski definition) is 5. The molecular weight excluding hydrogens is 360 g/mol. The van der Waals surface area contributed by atoms with Crippen LogP contribution in [0.3, 0.4) is 0 Å². The summed E-state index contributed by atoms with van der Waals surface area (Å²) in [6.45, 7) is 1.78. The third kappa shape index (κ3) is 3.24. The average Bonchev–Trinajstić information content (AvgIpc) is 3.11. The van der Waals surface area contributed by atoms with Crippen LogP contribution in [0.25, 0.3) is 0 Å². The normalized spacial score (nSPS) is 28.9. The molecule has 0 radical (unpaired) electrons. The van der Waals surface area contributed by atoms with E-state index in [1.54, 1.807) is 0 Å². The lowest BCUT2D eigenvalue weighted by molar-refractivity contribution is 0.145. The number of carbonyl (C=O) groups is 1. The Morgan fingerprint density at radius 2 is 1.73 bits per heavy atom. The zero-order chi connectivity index (χ0) is 18.3. The summed E-state index contributed by atoms with van der Waals surface area (Å²) in [6.07, 6.45) is 1.14. The third-order valence-electron chi connectivity index (χ3n) is 5.61. The van der Waals surface area contributed by atoms with E-state index in [0.29, 0.717) is 24.9 Å². The first kappa shape index (κ1) is 17.9. The summed E-state index contributed by atoms with van der Waals surface area (Å²) in [7, 11) is 0. The summed E-state index contributed by atoms with van der Waals surface area (Å²) in [5.41, 5.74) is 5.71. The van der Waals surface area contributed by atoms with Crippen LogP contribution in [-0.4, -0.2) is 49.9 Å². The predicted molar refractivity (Wildman–Crippen MR) is 98.8 cm³/mol. The molecule has 2 N–H and O–H groups in total. The van der Waals surface area contributed by atoms with Crippen LogP contribution in [0.1, 0.15) is 12.8 Å². The van der Waals surface area contributed by atoms with Gasteiger partial charge < -0.3 is 15.4 Å². The van der Waals surface area contributed by atoms with Crippen molar-refractivity contribution in [3.8, 4) is 0 Å². The van der Waals surface area contributed by atoms with Crippen LogP contribution < -0.4 is 15.5 Å². The summed E-state index contributed by atoms with van der Waals surface area (Å²) in [6, 6.07) is 2.45. The fraction of sp³-hybridized carbons (Fsp3) is 0.611. The molecule has 8 heteroatoms. The number of hydrogen-bond donors (Lipinski definition) is 1. The highest BCUT2D eigenvalue weighted by Crippen LogP contribution is 2.39. The molecule has 1 amide bonds. The second-order valence-corrected chi connectivity index (χ2v) is 8.45. The van der Waals surface area contributed by atoms with Gasteiger partial charge in [-0.05, 0) is 36.2 Å². The quantitative estimate of drug-likeness (QED) is 0.870. The first-order chi connectivity index (χ1) is 12.6. The monoisotopic (exact) mass is 383 g/mol. The Balaban J connectivity index is 1.56. The molecule has 0 spiro atoms. The Labute approximate surface area is 155 Å². The van der Waals surface area contributed by atoms with Crippen LogP contribution in [0, 0.1) is 23.5 Å². The van der Waals surface area contributed by atoms with Gasteiger partial charge in [0.1, 0.15) is 11.8 Å². The first-order valence-electron chi connectivity index (χ1n) is 9.06. The van der Waals surface area contributed by atoms with Crippen LogP contribution in [0.2, 0.25) is 0 Å². The molecule has 5 nitrogen and oxygen atoms in total. The van der Waals surface area contributed by atoms with E-state index in [9.17, 15) is 13.6 Å². The first-order valence-corrected chi connectivity index (χ1v) is 10.2. The Hall–Kier alpha value is -1.54. The van der Waals surface area contributed by atoms with Crippen molar-refractivity contribution >= 4 is 29.2 Å². The van der Waals surface area contributed by atoms with Crippen molar-refractivity contribution in [2.45, 2.75) is 18.9 Å². The lowest BCUT2D eigenvalue weighted by Crippen LogP contribution is -2.28. The van der Waals surface area contributed by atoms with Gasteiger partial charge >= 0.3 is 6.09 Å². The second-order valence-electron chi connectivity index (χ2n) is 7.22. The zero-order valence-corrected chi connectivity index (χ0v) is 15.3. The van der Waals surface area contributed by atoms with Crippen molar-refractivity contribution in [1.29, 1.82) is 0 Å². The van der Waals surface area contributed by atoms with Gasteiger partial charge in [0.25, 0.3) is 0 Å². The largest absolute Gasteiger partial charge is 0.443 e. The number of amides is 1. The second kappa shape index (κ2) is 7.23. The van der Waals surface area contributed by atoms with E-state index in [-0.39, 0.29) is 24.5 Å². The minimum absolute atomic E-state index is 0.0254. The van der Waals surface area contributed by atoms with Crippen molar-refractivity contribution in [3.63, 3.8) is 0 Å². The number of nitrogens with two attached hydrogens (primary N) is 1. The zero-order valence-electron chi connectivity index (χ0n) is 14.5. The molecule has 1 aromatic rings. The average molecular weight is 383 g/mol. The van der Waals surface area contributed by atoms with Gasteiger partial charge in [0.05, 0.1) is 12.2 Å². The molecule has 1 aromatic carbocycles. The van der Waals surface area contributed by atoms with Crippen molar-refractivity contribution in [3.05, 3.63) is 23.8 Å². The fourth-order valence-corrected chi connectivity index (χ4v) is 5.35. The third-order valence-corrected chi connectivity index (χ3v) is 6.66. The topological polar surface area (TPSA) is 58.8 Å². The van der Waals surface area contributed by atoms with Gasteiger partial charge in [-0.2, -0.15) is 11.8 Å². The molecule has 26 heavy (non-hydrogen) atoms. The minimum Gasteiger partial charge on any atom is -0.443 e. The SMILES string of the molecule is NCC1CN(c2cc(F)c(N3CC4CCSCCC4C3)c(F)c2)C(=O)O1. The Morgan fingerprint density at radius 1 is 1.12 bits per heavy atom. The van der Waals surface area contributed by atoms with Gasteiger partial charge in [0.15, 0.2) is 11.6 Å². The van der Waals surface area contributed by atoms with Crippen molar-refractivity contribution < 1.29 is 18.3 Å². The fourth-order valence-electron chi connectivity index (χ4n) is 4.21. The Kier molecular flexibility index (Phi) is 4.96. The molecular formula is C18H23F2N3O2S. The highest BCUT2D eigenvalue weighted by Gasteiger charge is 2.37. The van der Waals surface area contributed by atoms with E-state index in [1.807, 2.05) is 16.7 Å². The van der Waals surface area contributed by atoms with E-state index < -0.39 is 23.8 Å². The Morgan fingerprint density at radius 3 is 2.27 bits per heavy atom. The van der Waals surface area contributed by atoms with Gasteiger partial charge in [-0.3, -0.25) is 4.90 Å². The van der Waals surface area contributed by atoms with Crippen molar-refractivity contribution in [2.75, 3.05) is 47.5 Å². The highest BCUT2D eigenvalue weighted by molar-refractivity contribution is 7.99. The number of anilines is 2. The summed E-state index contributed by atoms with van der Waals surface area (Å²) in [5.74, 6) is 1.99. The molecule has 3 aliphatic rings. The molecule has 0 aliphatic carbocycles. The standard InChI is InChI=1S/C18H23F2N3O2S/c19-15-5-13(23-10-14(7-21)25-18(23)24)6-16(20)17(15)22-8-11-1-3-26-4-2-12(11)9-22/h5-6,11-12,14H,1-4,7-10,21H2. The number of thioether (sulfide) groups is 1. The number of halogens is 2. The number of rotatable bonds is 3. The number of benzene rings is 1. The van der Waals surface area contributed by atoms with Crippen LogP contribution in [0.4, 0.5) is 25.0 Å². The predicted octanol–water partition coefficient (Wildman–Crippen LogP) is 2.83. The molecule has 0 saturated carbocycles. The smallest absolute Gasteiger partial charge is 0.414 e. The molecule has 3 fully saturated rings. The number of ether oxygens (including phenoxy) is 1. The van der Waals surface area contributed by atoms with Crippen molar-refractivity contribution in [2.24, 2.45) is 17.6 Å². The molecule has 4 rings (SSSR count). The maximum absolute atomic E-state index is 14.8. The summed E-state index contributed by atoms with van der Waals surface area (Å²) >= 11 is 1.97. The summed E-state index contributed by atoms with van der Waals surface area (Å²) in [4.78, 5) is 15.0. The molecule has 3 atom stereocenters. The van der Waals surface area contributed by atoms with E-state index in [2.05, 4.69) is 0 Å². The van der Waals surface area contributed by atoms with Crippen LogP contribution in [-0.2, 0) is 4.74 Å². The van der Waals surface area contributed by atoms with Crippen LogP contribution in [0.5, 0.6) is 0 Å². The van der Waals surface area contributed by atoms with Crippen LogP contribution >= 0.6 is 11.8 Å². The molecule has 3 saturated heterocycles. The van der Waals surface area contributed by atoms with Gasteiger partial charge in [-0.15, -0.1) is 0 Å². The molecule has 0 aromatic heterocycles. The van der Waals surface area contributed by atoms with E-state index in [0.717, 1.165) is 24.3 Å². The van der Waals surface area contributed by atoms with E-state index in [1.165, 1.54) is 17.0 Å². The lowest BCUT2D eigenvalue weighted by atomic mass is 9.92. The number of nitrogens with zero attached hydrogens (tertiary/aromatic N) is 2. The minimum atomic E-state index is -0.630. The Bertz CT molecular complexity index is 668.